The summed E-state index contributed by atoms with van der Waals surface area (Å²) in [6.07, 6.45) is 2.10. The van der Waals surface area contributed by atoms with Gasteiger partial charge in [-0.15, -0.1) is 0 Å². The highest BCUT2D eigenvalue weighted by molar-refractivity contribution is 9.10. The predicted molar refractivity (Wildman–Crippen MR) is 90.2 cm³/mol. The Hall–Kier alpha value is -1.12. The van der Waals surface area contributed by atoms with Crippen molar-refractivity contribution in [2.75, 3.05) is 24.0 Å². The minimum Gasteiger partial charge on any atom is -0.465 e. The lowest BCUT2D eigenvalue weighted by Crippen LogP contribution is -2.50. The number of carbonyl (C=O) groups is 1. The van der Waals surface area contributed by atoms with E-state index in [9.17, 15) is 13.2 Å². The molecule has 0 bridgehead atoms. The molecule has 1 aromatic rings. The summed E-state index contributed by atoms with van der Waals surface area (Å²) in [7, 11) is -3.72. The Morgan fingerprint density at radius 3 is 2.78 bits per heavy atom. The molecule has 8 heteroatoms. The fraction of sp³-hybridized carbons (Fsp3) is 0.533. The van der Waals surface area contributed by atoms with Crippen LogP contribution in [0.3, 0.4) is 0 Å². The Morgan fingerprint density at radius 2 is 2.13 bits per heavy atom. The fourth-order valence-electron chi connectivity index (χ4n) is 2.67. The number of nitrogens with zero attached hydrogens (tertiary/aromatic N) is 2. The Bertz CT molecular complexity index is 718. The van der Waals surface area contributed by atoms with Crippen LogP contribution >= 0.6 is 15.9 Å². The van der Waals surface area contributed by atoms with Crippen LogP contribution in [0.25, 0.3) is 0 Å². The lowest BCUT2D eigenvalue weighted by Gasteiger charge is -2.37. The molecule has 6 nitrogen and oxygen atoms in total. The van der Waals surface area contributed by atoms with Crippen molar-refractivity contribution in [2.24, 2.45) is 5.92 Å². The molecule has 0 amide bonds. The van der Waals surface area contributed by atoms with Crippen molar-refractivity contribution in [1.82, 2.24) is 4.31 Å². The van der Waals surface area contributed by atoms with Crippen LogP contribution in [0.5, 0.6) is 0 Å². The van der Waals surface area contributed by atoms with Crippen LogP contribution in [-0.2, 0) is 26.3 Å². The predicted octanol–water partition coefficient (Wildman–Crippen LogP) is 2.29. The number of esters is 1. The van der Waals surface area contributed by atoms with E-state index in [1.165, 1.54) is 8.61 Å². The van der Waals surface area contributed by atoms with Crippen molar-refractivity contribution in [1.29, 1.82) is 0 Å². The van der Waals surface area contributed by atoms with E-state index in [1.807, 2.05) is 18.2 Å². The molecule has 126 valence electrons. The van der Waals surface area contributed by atoms with Crippen LogP contribution < -0.4 is 4.31 Å². The van der Waals surface area contributed by atoms with E-state index in [-0.39, 0.29) is 19.7 Å². The van der Waals surface area contributed by atoms with Crippen molar-refractivity contribution in [3.05, 3.63) is 28.2 Å². The summed E-state index contributed by atoms with van der Waals surface area (Å²) in [5.74, 6) is -0.128. The molecule has 0 N–H and O–H groups in total. The average Bonchev–Trinajstić information content (AvgIpc) is 3.29. The van der Waals surface area contributed by atoms with Gasteiger partial charge in [-0.1, -0.05) is 22.0 Å². The van der Waals surface area contributed by atoms with Crippen LogP contribution in [0.1, 0.15) is 25.3 Å². The number of ether oxygens (including phenoxy) is 1. The highest BCUT2D eigenvalue weighted by Gasteiger charge is 2.41. The first kappa shape index (κ1) is 16.7. The maximum atomic E-state index is 12.9. The Labute approximate surface area is 144 Å². The molecule has 0 saturated heterocycles. The molecular weight excluding hydrogens is 384 g/mol. The first-order chi connectivity index (χ1) is 10.9. The van der Waals surface area contributed by atoms with Gasteiger partial charge in [-0.2, -0.15) is 12.7 Å². The first-order valence-corrected chi connectivity index (χ1v) is 9.83. The monoisotopic (exact) mass is 402 g/mol. The molecule has 2 aliphatic rings. The summed E-state index contributed by atoms with van der Waals surface area (Å²) in [6, 6.07) is 5.54. The molecule has 1 fully saturated rings. The van der Waals surface area contributed by atoms with E-state index >= 15 is 0 Å². The number of rotatable bonds is 5. The SMILES string of the molecule is CCOC(=O)CN1Cc2c(Br)cccc2N(CC2CC2)S1(=O)=O. The molecule has 0 radical (unpaired) electrons. The highest BCUT2D eigenvalue weighted by Crippen LogP contribution is 2.40. The first-order valence-electron chi connectivity index (χ1n) is 7.64. The second kappa shape index (κ2) is 6.41. The van der Waals surface area contributed by atoms with E-state index in [0.717, 1.165) is 22.9 Å². The van der Waals surface area contributed by atoms with Gasteiger partial charge in [0.2, 0.25) is 0 Å². The number of hydrogen-bond acceptors (Lipinski definition) is 4. The number of anilines is 1. The van der Waals surface area contributed by atoms with Gasteiger partial charge < -0.3 is 4.74 Å². The number of hydrogen-bond donors (Lipinski definition) is 0. The third-order valence-corrected chi connectivity index (χ3v) is 6.59. The van der Waals surface area contributed by atoms with Gasteiger partial charge in [0, 0.05) is 23.1 Å². The van der Waals surface area contributed by atoms with Crippen molar-refractivity contribution in [3.63, 3.8) is 0 Å². The number of carbonyl (C=O) groups excluding carboxylic acids is 1. The van der Waals surface area contributed by atoms with Crippen molar-refractivity contribution in [3.8, 4) is 0 Å². The Kier molecular flexibility index (Phi) is 4.66. The smallest absolute Gasteiger partial charge is 0.321 e. The summed E-state index contributed by atoms with van der Waals surface area (Å²) in [4.78, 5) is 11.8. The zero-order chi connectivity index (χ0) is 16.6. The molecule has 1 aliphatic heterocycles. The largest absolute Gasteiger partial charge is 0.465 e. The zero-order valence-corrected chi connectivity index (χ0v) is 15.3. The van der Waals surface area contributed by atoms with Gasteiger partial charge in [0.25, 0.3) is 0 Å². The summed E-state index contributed by atoms with van der Waals surface area (Å²) in [6.45, 7) is 2.30. The third-order valence-electron chi connectivity index (χ3n) is 4.03. The molecule has 3 rings (SSSR count). The van der Waals surface area contributed by atoms with Gasteiger partial charge in [0.05, 0.1) is 12.3 Å². The molecule has 1 aliphatic carbocycles. The van der Waals surface area contributed by atoms with Crippen LogP contribution in [0.15, 0.2) is 22.7 Å². The van der Waals surface area contributed by atoms with Crippen LogP contribution in [-0.4, -0.2) is 38.4 Å². The van der Waals surface area contributed by atoms with E-state index in [0.29, 0.717) is 18.2 Å². The number of benzene rings is 1. The maximum absolute atomic E-state index is 12.9. The topological polar surface area (TPSA) is 66.9 Å². The van der Waals surface area contributed by atoms with Crippen LogP contribution in [0, 0.1) is 5.92 Å². The number of halogens is 1. The average molecular weight is 403 g/mol. The molecule has 0 unspecified atom stereocenters. The van der Waals surface area contributed by atoms with Gasteiger partial charge in [-0.05, 0) is 37.8 Å². The minimum absolute atomic E-state index is 0.166. The van der Waals surface area contributed by atoms with E-state index in [4.69, 9.17) is 4.74 Å². The normalized spacial score (nSPS) is 20.2. The third kappa shape index (κ3) is 3.39. The molecule has 23 heavy (non-hydrogen) atoms. The molecule has 0 spiro atoms. The molecule has 0 atom stereocenters. The van der Waals surface area contributed by atoms with Gasteiger partial charge in [0.15, 0.2) is 0 Å². The van der Waals surface area contributed by atoms with E-state index < -0.39 is 16.2 Å². The standard InChI is InChI=1S/C15H19BrN2O4S/c1-2-22-15(19)10-17-9-12-13(16)4-3-5-14(12)18(23(17,20)21)8-11-6-7-11/h3-5,11H,2,6-10H2,1H3. The van der Waals surface area contributed by atoms with Gasteiger partial charge in [-0.3, -0.25) is 9.10 Å². The zero-order valence-electron chi connectivity index (χ0n) is 12.9. The quantitative estimate of drug-likeness (QED) is 0.708. The van der Waals surface area contributed by atoms with Gasteiger partial charge in [-0.25, -0.2) is 0 Å². The molecular formula is C15H19BrN2O4S. The minimum atomic E-state index is -3.72. The molecule has 1 aromatic carbocycles. The Balaban J connectivity index is 1.97. The highest BCUT2D eigenvalue weighted by atomic mass is 79.9. The maximum Gasteiger partial charge on any atom is 0.321 e. The van der Waals surface area contributed by atoms with E-state index in [1.54, 1.807) is 6.92 Å². The van der Waals surface area contributed by atoms with E-state index in [2.05, 4.69) is 15.9 Å². The van der Waals surface area contributed by atoms with Crippen LogP contribution in [0.4, 0.5) is 5.69 Å². The Morgan fingerprint density at radius 1 is 1.39 bits per heavy atom. The summed E-state index contributed by atoms with van der Waals surface area (Å²) < 4.78 is 34.2. The van der Waals surface area contributed by atoms with Gasteiger partial charge >= 0.3 is 16.2 Å². The summed E-state index contributed by atoms with van der Waals surface area (Å²) in [5, 5.41) is 0. The van der Waals surface area contributed by atoms with Crippen molar-refractivity contribution < 1.29 is 17.9 Å². The number of fused-ring (bicyclic) bond motifs is 1. The molecule has 1 saturated carbocycles. The summed E-state index contributed by atoms with van der Waals surface area (Å²) in [5.41, 5.74) is 1.58. The lowest BCUT2D eigenvalue weighted by atomic mass is 10.1. The van der Waals surface area contributed by atoms with Crippen LogP contribution in [0.2, 0.25) is 0 Å². The lowest BCUT2D eigenvalue weighted by molar-refractivity contribution is -0.143. The second-order valence-electron chi connectivity index (χ2n) is 5.79. The second-order valence-corrected chi connectivity index (χ2v) is 8.50. The summed E-state index contributed by atoms with van der Waals surface area (Å²) >= 11 is 3.49. The van der Waals surface area contributed by atoms with Gasteiger partial charge in [0.1, 0.15) is 6.54 Å². The van der Waals surface area contributed by atoms with Crippen molar-refractivity contribution in [2.45, 2.75) is 26.3 Å². The fourth-order valence-corrected chi connectivity index (χ4v) is 4.81. The van der Waals surface area contributed by atoms with Crippen molar-refractivity contribution >= 4 is 37.8 Å². The molecule has 1 heterocycles. The molecule has 0 aromatic heterocycles.